The second kappa shape index (κ2) is 8.60. The van der Waals surface area contributed by atoms with Gasteiger partial charge in [-0.15, -0.1) is 0 Å². The van der Waals surface area contributed by atoms with Crippen LogP contribution in [0.5, 0.6) is 0 Å². The predicted molar refractivity (Wildman–Crippen MR) is 86.0 cm³/mol. The zero-order chi connectivity index (χ0) is 14.3. The molecule has 0 spiro atoms. The van der Waals surface area contributed by atoms with E-state index in [1.54, 1.807) is 0 Å². The van der Waals surface area contributed by atoms with Crippen LogP contribution in [0.2, 0.25) is 5.02 Å². The van der Waals surface area contributed by atoms with Gasteiger partial charge < -0.3 is 5.32 Å². The highest BCUT2D eigenvalue weighted by atomic mass is 35.5. The van der Waals surface area contributed by atoms with Gasteiger partial charge in [-0.05, 0) is 29.9 Å². The van der Waals surface area contributed by atoms with Crippen LogP contribution in [0, 0.1) is 5.92 Å². The summed E-state index contributed by atoms with van der Waals surface area (Å²) in [4.78, 5) is 0. The molecule has 19 heavy (non-hydrogen) atoms. The van der Waals surface area contributed by atoms with Gasteiger partial charge in [-0.3, -0.25) is 0 Å². The van der Waals surface area contributed by atoms with Gasteiger partial charge >= 0.3 is 0 Å². The van der Waals surface area contributed by atoms with E-state index in [1.807, 2.05) is 12.1 Å². The molecular weight excluding hydrogens is 254 g/mol. The summed E-state index contributed by atoms with van der Waals surface area (Å²) < 4.78 is 0. The highest BCUT2D eigenvalue weighted by molar-refractivity contribution is 6.31. The number of hydrogen-bond donors (Lipinski definition) is 1. The largest absolute Gasteiger partial charge is 0.314 e. The Labute approximate surface area is 123 Å². The van der Waals surface area contributed by atoms with E-state index in [0.717, 1.165) is 17.5 Å². The monoisotopic (exact) mass is 281 g/mol. The second-order valence-corrected chi connectivity index (χ2v) is 6.51. The van der Waals surface area contributed by atoms with Crippen molar-refractivity contribution in [3.63, 3.8) is 0 Å². The third-order valence-electron chi connectivity index (χ3n) is 3.45. The lowest BCUT2D eigenvalue weighted by atomic mass is 9.91. The van der Waals surface area contributed by atoms with E-state index in [4.69, 9.17) is 11.6 Å². The maximum atomic E-state index is 6.35. The van der Waals surface area contributed by atoms with Crippen molar-refractivity contribution in [1.29, 1.82) is 0 Å². The summed E-state index contributed by atoms with van der Waals surface area (Å²) in [5.41, 5.74) is 1.29. The third-order valence-corrected chi connectivity index (χ3v) is 3.80. The molecule has 0 radical (unpaired) electrons. The first kappa shape index (κ1) is 16.5. The molecule has 0 saturated carbocycles. The summed E-state index contributed by atoms with van der Waals surface area (Å²) in [6.45, 7) is 9.97. The molecule has 1 aromatic carbocycles. The van der Waals surface area contributed by atoms with Crippen molar-refractivity contribution < 1.29 is 0 Å². The van der Waals surface area contributed by atoms with Crippen molar-refractivity contribution in [2.75, 3.05) is 6.54 Å². The van der Waals surface area contributed by atoms with E-state index >= 15 is 0 Å². The molecule has 0 saturated heterocycles. The summed E-state index contributed by atoms with van der Waals surface area (Å²) in [5, 5.41) is 4.46. The van der Waals surface area contributed by atoms with Gasteiger partial charge in [0.05, 0.1) is 0 Å². The summed E-state index contributed by atoms with van der Waals surface area (Å²) in [5.74, 6) is 1.31. The summed E-state index contributed by atoms with van der Waals surface area (Å²) in [6.07, 6.45) is 3.78. The zero-order valence-electron chi connectivity index (χ0n) is 12.7. The molecule has 0 bridgehead atoms. The van der Waals surface area contributed by atoms with Gasteiger partial charge in [0.25, 0.3) is 0 Å². The lowest BCUT2D eigenvalue weighted by Crippen LogP contribution is -2.28. The number of hydrogen-bond acceptors (Lipinski definition) is 1. The minimum Gasteiger partial charge on any atom is -0.314 e. The van der Waals surface area contributed by atoms with Crippen molar-refractivity contribution in [3.8, 4) is 0 Å². The first-order valence-electron chi connectivity index (χ1n) is 7.48. The molecule has 0 aromatic heterocycles. The minimum absolute atomic E-state index is 0.523. The molecular formula is C17H28ClN. The fourth-order valence-electron chi connectivity index (χ4n) is 2.32. The number of halogens is 1. The zero-order valence-corrected chi connectivity index (χ0v) is 13.5. The number of benzene rings is 1. The molecule has 0 aliphatic rings. The van der Waals surface area contributed by atoms with Gasteiger partial charge in [-0.1, -0.05) is 70.3 Å². The van der Waals surface area contributed by atoms with Crippen LogP contribution < -0.4 is 5.32 Å². The molecule has 2 heteroatoms. The fourth-order valence-corrected chi connectivity index (χ4v) is 2.61. The number of nitrogens with one attached hydrogen (secondary N) is 1. The highest BCUT2D eigenvalue weighted by Gasteiger charge is 2.14. The van der Waals surface area contributed by atoms with Crippen molar-refractivity contribution in [2.45, 2.75) is 58.9 Å². The fraction of sp³-hybridized carbons (Fsp3) is 0.647. The van der Waals surface area contributed by atoms with Gasteiger partial charge in [0.1, 0.15) is 0 Å². The van der Waals surface area contributed by atoms with Crippen molar-refractivity contribution >= 4 is 11.6 Å². The molecule has 0 fully saturated rings. The van der Waals surface area contributed by atoms with Gasteiger partial charge in [0.15, 0.2) is 0 Å². The normalized spacial score (nSPS) is 13.2. The maximum Gasteiger partial charge on any atom is 0.0441 e. The van der Waals surface area contributed by atoms with Crippen molar-refractivity contribution in [1.82, 2.24) is 5.32 Å². The van der Waals surface area contributed by atoms with E-state index in [-0.39, 0.29) is 0 Å². The Morgan fingerprint density at radius 3 is 2.32 bits per heavy atom. The summed E-state index contributed by atoms with van der Waals surface area (Å²) in [7, 11) is 0. The van der Waals surface area contributed by atoms with Crippen LogP contribution in [0.1, 0.15) is 58.4 Å². The summed E-state index contributed by atoms with van der Waals surface area (Å²) >= 11 is 6.35. The molecule has 0 heterocycles. The SMILES string of the molecule is CC(C)CCCC(CNC(C)C)c1ccccc1Cl. The van der Waals surface area contributed by atoms with E-state index in [2.05, 4.69) is 45.1 Å². The minimum atomic E-state index is 0.523. The van der Waals surface area contributed by atoms with Gasteiger partial charge in [0, 0.05) is 17.6 Å². The highest BCUT2D eigenvalue weighted by Crippen LogP contribution is 2.28. The second-order valence-electron chi connectivity index (χ2n) is 6.11. The Hall–Kier alpha value is -0.530. The lowest BCUT2D eigenvalue weighted by molar-refractivity contribution is 0.464. The Morgan fingerprint density at radius 2 is 1.74 bits per heavy atom. The van der Waals surface area contributed by atoms with Gasteiger partial charge in [0.2, 0.25) is 0 Å². The first-order valence-corrected chi connectivity index (χ1v) is 7.86. The molecule has 1 unspecified atom stereocenters. The molecule has 0 amide bonds. The quantitative estimate of drug-likeness (QED) is 0.686. The maximum absolute atomic E-state index is 6.35. The van der Waals surface area contributed by atoms with E-state index in [0.29, 0.717) is 12.0 Å². The molecule has 0 aliphatic heterocycles. The van der Waals surface area contributed by atoms with Crippen molar-refractivity contribution in [2.24, 2.45) is 5.92 Å². The van der Waals surface area contributed by atoms with Crippen LogP contribution in [-0.2, 0) is 0 Å². The Morgan fingerprint density at radius 1 is 1.05 bits per heavy atom. The van der Waals surface area contributed by atoms with Crippen LogP contribution in [0.15, 0.2) is 24.3 Å². The van der Waals surface area contributed by atoms with Crippen LogP contribution in [0.3, 0.4) is 0 Å². The van der Waals surface area contributed by atoms with E-state index in [1.165, 1.54) is 24.8 Å². The van der Waals surface area contributed by atoms with E-state index < -0.39 is 0 Å². The van der Waals surface area contributed by atoms with Gasteiger partial charge in [-0.2, -0.15) is 0 Å². The molecule has 1 rings (SSSR count). The predicted octanol–water partition coefficient (Wildman–Crippen LogP) is 5.25. The smallest absolute Gasteiger partial charge is 0.0441 e. The van der Waals surface area contributed by atoms with Crippen LogP contribution >= 0.6 is 11.6 Å². The van der Waals surface area contributed by atoms with Crippen molar-refractivity contribution in [3.05, 3.63) is 34.9 Å². The van der Waals surface area contributed by atoms with Crippen LogP contribution in [0.25, 0.3) is 0 Å². The molecule has 1 N–H and O–H groups in total. The van der Waals surface area contributed by atoms with Crippen LogP contribution in [0.4, 0.5) is 0 Å². The Kier molecular flexibility index (Phi) is 7.48. The van der Waals surface area contributed by atoms with E-state index in [9.17, 15) is 0 Å². The topological polar surface area (TPSA) is 12.0 Å². The lowest BCUT2D eigenvalue weighted by Gasteiger charge is -2.21. The summed E-state index contributed by atoms with van der Waals surface area (Å²) in [6, 6.07) is 8.79. The molecule has 0 aliphatic carbocycles. The number of rotatable bonds is 8. The Bertz CT molecular complexity index is 360. The standard InChI is InChI=1S/C17H28ClN/c1-13(2)8-7-9-15(12-19-14(3)4)16-10-5-6-11-17(16)18/h5-6,10-11,13-15,19H,7-9,12H2,1-4H3. The molecule has 1 atom stereocenters. The van der Waals surface area contributed by atoms with Crippen LogP contribution in [-0.4, -0.2) is 12.6 Å². The average molecular weight is 282 g/mol. The third kappa shape index (κ3) is 6.44. The molecule has 1 aromatic rings. The Balaban J connectivity index is 2.66. The van der Waals surface area contributed by atoms with Gasteiger partial charge in [-0.25, -0.2) is 0 Å². The molecule has 108 valence electrons. The first-order chi connectivity index (χ1) is 9.00. The average Bonchev–Trinajstić information content (AvgIpc) is 2.34. The molecule has 1 nitrogen and oxygen atoms in total.